The van der Waals surface area contributed by atoms with Crippen molar-refractivity contribution in [1.29, 1.82) is 0 Å². The third-order valence-corrected chi connectivity index (χ3v) is 5.86. The Morgan fingerprint density at radius 1 is 1.18 bits per heavy atom. The van der Waals surface area contributed by atoms with E-state index in [1.54, 1.807) is 13.1 Å². The zero-order valence-corrected chi connectivity index (χ0v) is 19.4. The molecule has 2 aromatic heterocycles. The third kappa shape index (κ3) is 4.49. The maximum absolute atomic E-state index is 13.2. The Morgan fingerprint density at radius 2 is 1.91 bits per heavy atom. The molecule has 1 amide bonds. The van der Waals surface area contributed by atoms with E-state index in [4.69, 9.17) is 0 Å². The van der Waals surface area contributed by atoms with Crippen LogP contribution >= 0.6 is 0 Å². The summed E-state index contributed by atoms with van der Waals surface area (Å²) >= 11 is 0. The van der Waals surface area contributed by atoms with Crippen LogP contribution in [0.2, 0.25) is 0 Å². The summed E-state index contributed by atoms with van der Waals surface area (Å²) in [5.41, 5.74) is 0.332. The van der Waals surface area contributed by atoms with E-state index in [-0.39, 0.29) is 23.0 Å². The maximum atomic E-state index is 13.2. The Labute approximate surface area is 194 Å². The normalized spacial score (nSPS) is 16.3. The number of nitrogens with one attached hydrogen (secondary N) is 1. The van der Waals surface area contributed by atoms with E-state index in [0.29, 0.717) is 12.1 Å². The van der Waals surface area contributed by atoms with Gasteiger partial charge in [-0.25, -0.2) is 4.68 Å². The standard InChI is InChI=1S/C24H26F3N5O2/c1-14-11-20(33)21(30-31(14)16-8-5-7-15(12-16)24(25,26)27)22(34)29-18-9-6-10-19-17(18)13-28-32(19)23(2,3)4/h5,7-8,11-13,18H,6,9-10H2,1-4H3,(H,29,34)/t18-/m1/s1. The van der Waals surface area contributed by atoms with Crippen LogP contribution in [0, 0.1) is 6.92 Å². The molecule has 3 aromatic rings. The van der Waals surface area contributed by atoms with E-state index < -0.39 is 23.1 Å². The highest BCUT2D eigenvalue weighted by Gasteiger charge is 2.32. The quantitative estimate of drug-likeness (QED) is 0.614. The summed E-state index contributed by atoms with van der Waals surface area (Å²) in [6.07, 6.45) is -0.421. The number of halogens is 3. The molecule has 7 nitrogen and oxygen atoms in total. The molecular weight excluding hydrogens is 447 g/mol. The molecule has 0 unspecified atom stereocenters. The Bertz CT molecular complexity index is 1300. The minimum absolute atomic E-state index is 0.104. The molecule has 0 radical (unpaired) electrons. The Balaban J connectivity index is 1.66. The van der Waals surface area contributed by atoms with Crippen LogP contribution in [0.25, 0.3) is 5.69 Å². The molecule has 0 spiro atoms. The monoisotopic (exact) mass is 473 g/mol. The number of aryl methyl sites for hydroxylation is 1. The fourth-order valence-electron chi connectivity index (χ4n) is 4.29. The van der Waals surface area contributed by atoms with Crippen molar-refractivity contribution >= 4 is 5.91 Å². The molecule has 0 saturated carbocycles. The van der Waals surface area contributed by atoms with E-state index in [9.17, 15) is 22.8 Å². The van der Waals surface area contributed by atoms with Crippen molar-refractivity contribution in [3.8, 4) is 5.69 Å². The van der Waals surface area contributed by atoms with Crippen molar-refractivity contribution < 1.29 is 18.0 Å². The number of nitrogens with zero attached hydrogens (tertiary/aromatic N) is 4. The molecule has 0 fully saturated rings. The molecule has 1 N–H and O–H groups in total. The summed E-state index contributed by atoms with van der Waals surface area (Å²) in [5.74, 6) is -0.674. The van der Waals surface area contributed by atoms with Crippen LogP contribution in [-0.2, 0) is 18.1 Å². The van der Waals surface area contributed by atoms with Gasteiger partial charge in [0.15, 0.2) is 5.69 Å². The highest BCUT2D eigenvalue weighted by atomic mass is 19.4. The van der Waals surface area contributed by atoms with E-state index in [1.807, 2.05) is 4.68 Å². The van der Waals surface area contributed by atoms with Gasteiger partial charge in [-0.3, -0.25) is 14.3 Å². The summed E-state index contributed by atoms with van der Waals surface area (Å²) < 4.78 is 42.6. The fraction of sp³-hybridized carbons (Fsp3) is 0.417. The Kier molecular flexibility index (Phi) is 5.87. The van der Waals surface area contributed by atoms with E-state index in [2.05, 4.69) is 36.3 Å². The first kappa shape index (κ1) is 23.7. The Hall–Kier alpha value is -3.43. The third-order valence-electron chi connectivity index (χ3n) is 5.86. The predicted molar refractivity (Wildman–Crippen MR) is 120 cm³/mol. The first-order chi connectivity index (χ1) is 15.9. The number of rotatable bonds is 3. The molecule has 1 aliphatic carbocycles. The highest BCUT2D eigenvalue weighted by molar-refractivity contribution is 5.92. The van der Waals surface area contributed by atoms with Gasteiger partial charge >= 0.3 is 6.18 Å². The summed E-state index contributed by atoms with van der Waals surface area (Å²) in [7, 11) is 0. The molecule has 10 heteroatoms. The van der Waals surface area contributed by atoms with Gasteiger partial charge < -0.3 is 5.32 Å². The number of hydrogen-bond donors (Lipinski definition) is 1. The van der Waals surface area contributed by atoms with Crippen molar-refractivity contribution in [1.82, 2.24) is 24.9 Å². The second-order valence-corrected chi connectivity index (χ2v) is 9.51. The van der Waals surface area contributed by atoms with Crippen molar-refractivity contribution in [2.24, 2.45) is 0 Å². The smallest absolute Gasteiger partial charge is 0.344 e. The van der Waals surface area contributed by atoms with Gasteiger partial charge in [0.25, 0.3) is 5.91 Å². The van der Waals surface area contributed by atoms with Crippen LogP contribution in [0.15, 0.2) is 41.3 Å². The molecule has 34 heavy (non-hydrogen) atoms. The predicted octanol–water partition coefficient (Wildman–Crippen LogP) is 4.32. The van der Waals surface area contributed by atoms with Crippen LogP contribution < -0.4 is 10.7 Å². The number of hydrogen-bond acceptors (Lipinski definition) is 4. The van der Waals surface area contributed by atoms with E-state index in [1.165, 1.54) is 22.9 Å². The van der Waals surface area contributed by atoms with E-state index >= 15 is 0 Å². The largest absolute Gasteiger partial charge is 0.416 e. The van der Waals surface area contributed by atoms with Gasteiger partial charge in [-0.2, -0.15) is 23.4 Å². The average molecular weight is 473 g/mol. The van der Waals surface area contributed by atoms with Crippen molar-refractivity contribution in [3.63, 3.8) is 0 Å². The number of fused-ring (bicyclic) bond motifs is 1. The molecule has 1 aromatic carbocycles. The van der Waals surface area contributed by atoms with Crippen LogP contribution in [0.4, 0.5) is 13.2 Å². The van der Waals surface area contributed by atoms with Gasteiger partial charge in [-0.05, 0) is 65.2 Å². The topological polar surface area (TPSA) is 81.8 Å². The number of benzene rings is 1. The zero-order chi connectivity index (χ0) is 24.8. The molecule has 0 saturated heterocycles. The second kappa shape index (κ2) is 8.41. The summed E-state index contributed by atoms with van der Waals surface area (Å²) in [4.78, 5) is 25.7. The van der Waals surface area contributed by atoms with Gasteiger partial charge in [-0.15, -0.1) is 0 Å². The van der Waals surface area contributed by atoms with Gasteiger partial charge in [0.2, 0.25) is 5.43 Å². The lowest BCUT2D eigenvalue weighted by molar-refractivity contribution is -0.137. The van der Waals surface area contributed by atoms with Crippen LogP contribution in [-0.4, -0.2) is 25.5 Å². The molecule has 1 aliphatic rings. The van der Waals surface area contributed by atoms with Crippen molar-refractivity contribution in [3.05, 3.63) is 75.0 Å². The lowest BCUT2D eigenvalue weighted by Crippen LogP contribution is -2.36. The van der Waals surface area contributed by atoms with E-state index in [0.717, 1.165) is 36.2 Å². The molecule has 4 rings (SSSR count). The first-order valence-corrected chi connectivity index (χ1v) is 11.0. The molecule has 0 bridgehead atoms. The van der Waals surface area contributed by atoms with Crippen LogP contribution in [0.5, 0.6) is 0 Å². The van der Waals surface area contributed by atoms with Crippen molar-refractivity contribution in [2.75, 3.05) is 0 Å². The number of carbonyl (C=O) groups is 1. The molecule has 0 aliphatic heterocycles. The van der Waals surface area contributed by atoms with Crippen molar-refractivity contribution in [2.45, 2.75) is 64.7 Å². The van der Waals surface area contributed by atoms with Gasteiger partial charge in [0.05, 0.1) is 29.0 Å². The number of carbonyl (C=O) groups excluding carboxylic acids is 1. The van der Waals surface area contributed by atoms with Crippen LogP contribution in [0.3, 0.4) is 0 Å². The zero-order valence-electron chi connectivity index (χ0n) is 19.4. The lowest BCUT2D eigenvalue weighted by Gasteiger charge is -2.28. The maximum Gasteiger partial charge on any atom is 0.416 e. The SMILES string of the molecule is Cc1cc(=O)c(C(=O)N[C@@H]2CCCc3c2cnn3C(C)(C)C)nn1-c1cccc(C(F)(F)F)c1. The summed E-state index contributed by atoms with van der Waals surface area (Å²) in [6, 6.07) is 5.44. The summed E-state index contributed by atoms with van der Waals surface area (Å²) in [6.45, 7) is 7.70. The fourth-order valence-corrected chi connectivity index (χ4v) is 4.29. The van der Waals surface area contributed by atoms with Gasteiger partial charge in [-0.1, -0.05) is 6.07 Å². The minimum Gasteiger partial charge on any atom is -0.344 e. The molecule has 2 heterocycles. The summed E-state index contributed by atoms with van der Waals surface area (Å²) in [5, 5.41) is 11.5. The van der Waals surface area contributed by atoms with Gasteiger partial charge in [0.1, 0.15) is 0 Å². The second-order valence-electron chi connectivity index (χ2n) is 9.51. The first-order valence-electron chi connectivity index (χ1n) is 11.0. The van der Waals surface area contributed by atoms with Gasteiger partial charge in [0, 0.05) is 23.0 Å². The number of amides is 1. The molecule has 1 atom stereocenters. The molecular formula is C24H26F3N5O2. The number of alkyl halides is 3. The van der Waals surface area contributed by atoms with Crippen LogP contribution in [0.1, 0.15) is 72.7 Å². The molecule has 180 valence electrons. The average Bonchev–Trinajstić information content (AvgIpc) is 3.19. The number of aromatic nitrogens is 4. The highest BCUT2D eigenvalue weighted by Crippen LogP contribution is 2.33. The lowest BCUT2D eigenvalue weighted by atomic mass is 9.92. The Morgan fingerprint density at radius 3 is 2.59 bits per heavy atom. The minimum atomic E-state index is -4.53.